The van der Waals surface area contributed by atoms with E-state index in [-0.39, 0.29) is 11.1 Å². The molecule has 0 amide bonds. The third-order valence-corrected chi connectivity index (χ3v) is 4.30. The number of fused-ring (bicyclic) bond motifs is 2. The molecule has 0 aromatic heterocycles. The first-order valence-corrected chi connectivity index (χ1v) is 8.40. The third kappa shape index (κ3) is 3.86. The van der Waals surface area contributed by atoms with Crippen LogP contribution >= 0.6 is 0 Å². The van der Waals surface area contributed by atoms with Gasteiger partial charge < -0.3 is 21.7 Å². The van der Waals surface area contributed by atoms with Crippen LogP contribution in [0.4, 0.5) is 11.4 Å². The highest BCUT2D eigenvalue weighted by molar-refractivity contribution is 6.01. The molecule has 6 N–H and O–H groups in total. The number of carboxylic acid groups (broad SMARTS) is 2. The fraction of sp³-hybridized carbons (Fsp3) is 0. The normalized spacial score (nSPS) is 10.3. The summed E-state index contributed by atoms with van der Waals surface area (Å²) in [6, 6.07) is 21.6. The molecule has 0 atom stereocenters. The van der Waals surface area contributed by atoms with Crippen LogP contribution in [-0.4, -0.2) is 22.2 Å². The Kier molecular flexibility index (Phi) is 5.13. The van der Waals surface area contributed by atoms with Crippen LogP contribution in [0.1, 0.15) is 20.7 Å². The minimum absolute atomic E-state index is 0.156. The number of benzene rings is 4. The highest BCUT2D eigenvalue weighted by Crippen LogP contribution is 2.22. The predicted octanol–water partition coefficient (Wildman–Crippen LogP) is 4.24. The zero-order valence-corrected chi connectivity index (χ0v) is 14.8. The van der Waals surface area contributed by atoms with Crippen LogP contribution in [0.3, 0.4) is 0 Å². The predicted molar refractivity (Wildman–Crippen MR) is 111 cm³/mol. The van der Waals surface area contributed by atoms with Crippen molar-refractivity contribution in [3.8, 4) is 0 Å². The van der Waals surface area contributed by atoms with E-state index in [0.717, 1.165) is 21.5 Å². The van der Waals surface area contributed by atoms with Gasteiger partial charge in [0.1, 0.15) is 0 Å². The number of rotatable bonds is 2. The summed E-state index contributed by atoms with van der Waals surface area (Å²) < 4.78 is 0. The van der Waals surface area contributed by atoms with E-state index in [0.29, 0.717) is 11.4 Å². The number of nitrogen functional groups attached to an aromatic ring is 2. The Bertz CT molecular complexity index is 1110. The van der Waals surface area contributed by atoms with E-state index < -0.39 is 11.9 Å². The summed E-state index contributed by atoms with van der Waals surface area (Å²) in [6.07, 6.45) is 0. The van der Waals surface area contributed by atoms with Crippen molar-refractivity contribution in [3.63, 3.8) is 0 Å². The molecule has 4 aromatic rings. The summed E-state index contributed by atoms with van der Waals surface area (Å²) in [5.41, 5.74) is 12.1. The zero-order valence-electron chi connectivity index (χ0n) is 14.8. The maximum absolute atomic E-state index is 10.8. The standard InChI is InChI=1S/2C11H9NO2/c2*12-10-6-8-4-2-1-3-7(8)5-9(10)11(13)14/h2*1-6H,12H2,(H,13,14). The SMILES string of the molecule is Nc1cc2ccccc2cc1C(=O)O.Nc1cc2ccccc2cc1C(=O)O. The van der Waals surface area contributed by atoms with E-state index in [1.54, 1.807) is 24.3 Å². The number of carboxylic acids is 2. The molecule has 0 radical (unpaired) electrons. The van der Waals surface area contributed by atoms with Gasteiger partial charge >= 0.3 is 11.9 Å². The summed E-state index contributed by atoms with van der Waals surface area (Å²) in [5, 5.41) is 21.4. The lowest BCUT2D eigenvalue weighted by Gasteiger charge is -2.03. The largest absolute Gasteiger partial charge is 0.478 e. The van der Waals surface area contributed by atoms with Crippen LogP contribution in [0, 0.1) is 0 Å². The number of anilines is 2. The van der Waals surface area contributed by atoms with Gasteiger partial charge in [0, 0.05) is 11.4 Å². The lowest BCUT2D eigenvalue weighted by molar-refractivity contribution is 0.0687. The van der Waals surface area contributed by atoms with Crippen LogP contribution in [-0.2, 0) is 0 Å². The van der Waals surface area contributed by atoms with Gasteiger partial charge in [-0.25, -0.2) is 9.59 Å². The molecule has 0 fully saturated rings. The summed E-state index contributed by atoms with van der Waals surface area (Å²) in [4.78, 5) is 21.6. The van der Waals surface area contributed by atoms with Gasteiger partial charge in [-0.05, 0) is 45.8 Å². The van der Waals surface area contributed by atoms with Gasteiger partial charge in [0.15, 0.2) is 0 Å². The highest BCUT2D eigenvalue weighted by atomic mass is 16.4. The Hall–Kier alpha value is -4.06. The minimum atomic E-state index is -0.992. The Balaban J connectivity index is 0.000000161. The first kappa shape index (κ1) is 18.7. The molecule has 0 aliphatic heterocycles. The molecular formula is C22H18N2O4. The molecule has 4 aromatic carbocycles. The first-order chi connectivity index (χ1) is 13.4. The number of carbonyl (C=O) groups is 2. The fourth-order valence-electron chi connectivity index (χ4n) is 2.89. The molecular weight excluding hydrogens is 356 g/mol. The van der Waals surface area contributed by atoms with E-state index in [4.69, 9.17) is 21.7 Å². The topological polar surface area (TPSA) is 127 Å². The van der Waals surface area contributed by atoms with Crippen LogP contribution in [0.15, 0.2) is 72.8 Å². The Morgan fingerprint density at radius 1 is 0.571 bits per heavy atom. The average Bonchev–Trinajstić information content (AvgIpc) is 2.67. The van der Waals surface area contributed by atoms with Crippen molar-refractivity contribution in [1.29, 1.82) is 0 Å². The summed E-state index contributed by atoms with van der Waals surface area (Å²) in [6.45, 7) is 0. The van der Waals surface area contributed by atoms with Crippen LogP contribution in [0.25, 0.3) is 21.5 Å². The van der Waals surface area contributed by atoms with Gasteiger partial charge in [0.05, 0.1) is 11.1 Å². The molecule has 0 bridgehead atoms. The van der Waals surface area contributed by atoms with Gasteiger partial charge in [-0.3, -0.25) is 0 Å². The van der Waals surface area contributed by atoms with Crippen molar-refractivity contribution >= 4 is 44.9 Å². The van der Waals surface area contributed by atoms with Crippen molar-refractivity contribution in [2.75, 3.05) is 11.5 Å². The van der Waals surface area contributed by atoms with Crippen molar-refractivity contribution < 1.29 is 19.8 Å². The van der Waals surface area contributed by atoms with E-state index in [9.17, 15) is 9.59 Å². The van der Waals surface area contributed by atoms with Crippen molar-refractivity contribution in [2.24, 2.45) is 0 Å². The summed E-state index contributed by atoms with van der Waals surface area (Å²) >= 11 is 0. The van der Waals surface area contributed by atoms with Gasteiger partial charge in [0.25, 0.3) is 0 Å². The molecule has 0 unspecified atom stereocenters. The van der Waals surface area contributed by atoms with Crippen molar-refractivity contribution in [1.82, 2.24) is 0 Å². The molecule has 6 nitrogen and oxygen atoms in total. The smallest absolute Gasteiger partial charge is 0.337 e. The highest BCUT2D eigenvalue weighted by Gasteiger charge is 2.09. The van der Waals surface area contributed by atoms with E-state index >= 15 is 0 Å². The lowest BCUT2D eigenvalue weighted by atomic mass is 10.1. The quantitative estimate of drug-likeness (QED) is 0.389. The summed E-state index contributed by atoms with van der Waals surface area (Å²) in [7, 11) is 0. The average molecular weight is 374 g/mol. The molecule has 0 heterocycles. The van der Waals surface area contributed by atoms with E-state index in [1.165, 1.54) is 0 Å². The van der Waals surface area contributed by atoms with Crippen LogP contribution in [0.2, 0.25) is 0 Å². The molecule has 6 heteroatoms. The number of hydrogen-bond acceptors (Lipinski definition) is 4. The molecule has 140 valence electrons. The lowest BCUT2D eigenvalue weighted by Crippen LogP contribution is -2.01. The monoisotopic (exact) mass is 374 g/mol. The molecule has 4 rings (SSSR count). The molecule has 0 saturated heterocycles. The van der Waals surface area contributed by atoms with Crippen molar-refractivity contribution in [2.45, 2.75) is 0 Å². The second-order valence-corrected chi connectivity index (χ2v) is 6.18. The Labute approximate surface area is 160 Å². The van der Waals surface area contributed by atoms with Gasteiger partial charge in [0.2, 0.25) is 0 Å². The Morgan fingerprint density at radius 3 is 1.14 bits per heavy atom. The molecule has 0 spiro atoms. The van der Waals surface area contributed by atoms with Crippen LogP contribution < -0.4 is 11.5 Å². The number of hydrogen-bond donors (Lipinski definition) is 4. The molecule has 0 aliphatic rings. The third-order valence-electron chi connectivity index (χ3n) is 4.30. The van der Waals surface area contributed by atoms with Gasteiger partial charge in [-0.15, -0.1) is 0 Å². The maximum atomic E-state index is 10.8. The second kappa shape index (κ2) is 7.67. The van der Waals surface area contributed by atoms with E-state index in [2.05, 4.69) is 0 Å². The molecule has 0 saturated carbocycles. The summed E-state index contributed by atoms with van der Waals surface area (Å²) in [5.74, 6) is -1.98. The van der Waals surface area contributed by atoms with Gasteiger partial charge in [-0.2, -0.15) is 0 Å². The number of nitrogens with two attached hydrogens (primary N) is 2. The number of aromatic carboxylic acids is 2. The van der Waals surface area contributed by atoms with Crippen molar-refractivity contribution in [3.05, 3.63) is 83.9 Å². The molecule has 0 aliphatic carbocycles. The first-order valence-electron chi connectivity index (χ1n) is 8.40. The fourth-order valence-corrected chi connectivity index (χ4v) is 2.89. The second-order valence-electron chi connectivity index (χ2n) is 6.18. The van der Waals surface area contributed by atoms with Gasteiger partial charge in [-0.1, -0.05) is 48.5 Å². The minimum Gasteiger partial charge on any atom is -0.478 e. The maximum Gasteiger partial charge on any atom is 0.337 e. The zero-order chi connectivity index (χ0) is 20.3. The van der Waals surface area contributed by atoms with E-state index in [1.807, 2.05) is 48.5 Å². The van der Waals surface area contributed by atoms with Crippen LogP contribution in [0.5, 0.6) is 0 Å². The molecule has 28 heavy (non-hydrogen) atoms. The Morgan fingerprint density at radius 2 is 0.857 bits per heavy atom.